The van der Waals surface area contributed by atoms with E-state index in [9.17, 15) is 18.8 Å². The largest absolute Gasteiger partial charge is 0.384 e. The van der Waals surface area contributed by atoms with Crippen LogP contribution in [-0.4, -0.2) is 72.8 Å². The molecule has 13 heteroatoms. The Bertz CT molecular complexity index is 1420. The van der Waals surface area contributed by atoms with Crippen LogP contribution in [0.2, 0.25) is 0 Å². The van der Waals surface area contributed by atoms with Gasteiger partial charge in [0.1, 0.15) is 17.7 Å². The Labute approximate surface area is 240 Å². The normalized spacial score (nSPS) is 21.4. The number of carbonyl (C=O) groups is 3. The highest BCUT2D eigenvalue weighted by Crippen LogP contribution is 2.35. The zero-order valence-electron chi connectivity index (χ0n) is 22.4. The van der Waals surface area contributed by atoms with Crippen LogP contribution < -0.4 is 16.4 Å². The van der Waals surface area contributed by atoms with Crippen LogP contribution in [0.15, 0.2) is 52.2 Å². The first-order valence-corrected chi connectivity index (χ1v) is 14.1. The number of aryl methyl sites for hydroxylation is 1. The number of hydrogen-bond acceptors (Lipinski definition) is 8. The van der Waals surface area contributed by atoms with E-state index in [-0.39, 0.29) is 43.4 Å². The molecule has 2 atom stereocenters. The summed E-state index contributed by atoms with van der Waals surface area (Å²) in [5.41, 5.74) is 7.69. The molecule has 11 nitrogen and oxygen atoms in total. The molecule has 5 N–H and O–H groups in total. The van der Waals surface area contributed by atoms with Gasteiger partial charge in [-0.15, -0.1) is 11.3 Å². The van der Waals surface area contributed by atoms with Gasteiger partial charge in [0.2, 0.25) is 11.8 Å². The number of thiophene rings is 1. The van der Waals surface area contributed by atoms with E-state index < -0.39 is 41.9 Å². The lowest BCUT2D eigenvalue weighted by Crippen LogP contribution is -2.49. The second kappa shape index (κ2) is 11.9. The van der Waals surface area contributed by atoms with E-state index in [1.54, 1.807) is 11.4 Å². The highest BCUT2D eigenvalue weighted by atomic mass is 32.1. The molecule has 2 aromatic rings. The molecule has 1 unspecified atom stereocenters. The standard InChI is InChI=1S/C28H31FN6O5S/c1-16-2-4-17(5-3-16)18-9-21(29)24(32-11-18)27(38)34-13-23(36)35-15-28(39-6-7-40-28)10-22(35)26(37)33-12-20-8-19(14-41-20)25(30)31/h2-5,8,11,14,18,22H,6-7,9-10,12-13,15H2,1H3,(H3,30,31)(H,33,37)(H,34,38)/t18?,22-/m0/s1. The molecule has 2 saturated heterocycles. The summed E-state index contributed by atoms with van der Waals surface area (Å²) in [5, 5.41) is 14.5. The molecular formula is C28H31FN6O5S. The number of aliphatic imine (C=N–C) groups is 1. The summed E-state index contributed by atoms with van der Waals surface area (Å²) < 4.78 is 26.4. The highest BCUT2D eigenvalue weighted by molar-refractivity contribution is 7.10. The molecule has 3 amide bonds. The quantitative estimate of drug-likeness (QED) is 0.275. The number of likely N-dealkylation sites (tertiary alicyclic amines) is 1. The molecule has 3 aliphatic rings. The summed E-state index contributed by atoms with van der Waals surface area (Å²) in [6.45, 7) is 2.39. The molecular weight excluding hydrogens is 551 g/mol. The van der Waals surface area contributed by atoms with Crippen molar-refractivity contribution in [2.45, 2.75) is 44.1 Å². The fraction of sp³-hybridized carbons (Fsp3) is 0.393. The average molecular weight is 583 g/mol. The molecule has 4 heterocycles. The van der Waals surface area contributed by atoms with Gasteiger partial charge in [-0.1, -0.05) is 29.8 Å². The number of hydrogen-bond donors (Lipinski definition) is 4. The van der Waals surface area contributed by atoms with Crippen molar-refractivity contribution >= 4 is 41.1 Å². The molecule has 2 fully saturated rings. The number of allylic oxidation sites excluding steroid dienone is 1. The molecule has 41 heavy (non-hydrogen) atoms. The average Bonchev–Trinajstić information content (AvgIpc) is 3.71. The number of nitrogens with two attached hydrogens (primary N) is 1. The zero-order chi connectivity index (χ0) is 29.1. The maximum Gasteiger partial charge on any atom is 0.272 e. The van der Waals surface area contributed by atoms with Crippen molar-refractivity contribution in [1.29, 1.82) is 5.41 Å². The van der Waals surface area contributed by atoms with E-state index >= 15 is 0 Å². The van der Waals surface area contributed by atoms with Gasteiger partial charge in [-0.2, -0.15) is 0 Å². The van der Waals surface area contributed by atoms with Gasteiger partial charge in [0.25, 0.3) is 5.91 Å². The fourth-order valence-corrected chi connectivity index (χ4v) is 5.89. The van der Waals surface area contributed by atoms with Gasteiger partial charge in [0, 0.05) is 40.8 Å². The van der Waals surface area contributed by atoms with Crippen molar-refractivity contribution in [3.8, 4) is 0 Å². The Morgan fingerprint density at radius 2 is 1.95 bits per heavy atom. The van der Waals surface area contributed by atoms with Crippen molar-refractivity contribution in [2.75, 3.05) is 26.3 Å². The van der Waals surface area contributed by atoms with Crippen LogP contribution in [0.3, 0.4) is 0 Å². The van der Waals surface area contributed by atoms with Crippen molar-refractivity contribution in [2.24, 2.45) is 10.7 Å². The monoisotopic (exact) mass is 582 g/mol. The highest BCUT2D eigenvalue weighted by Gasteiger charge is 2.52. The molecule has 1 spiro atoms. The van der Waals surface area contributed by atoms with Crippen molar-refractivity contribution in [3.63, 3.8) is 0 Å². The lowest BCUT2D eigenvalue weighted by Gasteiger charge is -2.24. The third-order valence-corrected chi connectivity index (χ3v) is 8.23. The third kappa shape index (κ3) is 6.37. The number of halogens is 1. The van der Waals surface area contributed by atoms with Crippen molar-refractivity contribution < 1.29 is 28.2 Å². The van der Waals surface area contributed by atoms with Crippen LogP contribution in [0.5, 0.6) is 0 Å². The molecule has 0 bridgehead atoms. The molecule has 1 aromatic heterocycles. The van der Waals surface area contributed by atoms with E-state index in [2.05, 4.69) is 15.6 Å². The minimum atomic E-state index is -1.10. The second-order valence-electron chi connectivity index (χ2n) is 10.2. The van der Waals surface area contributed by atoms with Crippen LogP contribution >= 0.6 is 11.3 Å². The zero-order valence-corrected chi connectivity index (χ0v) is 23.3. The van der Waals surface area contributed by atoms with Crippen LogP contribution in [0.25, 0.3) is 0 Å². The van der Waals surface area contributed by atoms with E-state index in [1.165, 1.54) is 22.5 Å². The Hall–Kier alpha value is -3.94. The molecule has 5 rings (SSSR count). The molecule has 216 valence electrons. The minimum absolute atomic E-state index is 0.00697. The molecule has 0 radical (unpaired) electrons. The first-order valence-electron chi connectivity index (χ1n) is 13.2. The minimum Gasteiger partial charge on any atom is -0.384 e. The Balaban J connectivity index is 1.20. The summed E-state index contributed by atoms with van der Waals surface area (Å²) in [7, 11) is 0. The number of amides is 3. The van der Waals surface area contributed by atoms with Gasteiger partial charge < -0.3 is 30.7 Å². The fourth-order valence-electron chi connectivity index (χ4n) is 5.07. The van der Waals surface area contributed by atoms with E-state index in [1.807, 2.05) is 31.2 Å². The molecule has 1 aromatic carbocycles. The van der Waals surface area contributed by atoms with Crippen LogP contribution in [0.1, 0.15) is 40.3 Å². The van der Waals surface area contributed by atoms with Crippen LogP contribution in [-0.2, 0) is 30.4 Å². The summed E-state index contributed by atoms with van der Waals surface area (Å²) in [5.74, 6) is -3.87. The van der Waals surface area contributed by atoms with E-state index in [0.29, 0.717) is 18.8 Å². The predicted molar refractivity (Wildman–Crippen MR) is 150 cm³/mol. The summed E-state index contributed by atoms with van der Waals surface area (Å²) in [6, 6.07) is 8.49. The first kappa shape index (κ1) is 28.6. The Morgan fingerprint density at radius 1 is 1.22 bits per heavy atom. The molecule has 3 aliphatic heterocycles. The van der Waals surface area contributed by atoms with Gasteiger partial charge in [-0.25, -0.2) is 4.39 Å². The summed E-state index contributed by atoms with van der Waals surface area (Å²) in [4.78, 5) is 45.3. The number of nitrogens with zero attached hydrogens (tertiary/aromatic N) is 2. The third-order valence-electron chi connectivity index (χ3n) is 7.29. The number of ether oxygens (including phenoxy) is 2. The van der Waals surface area contributed by atoms with Gasteiger partial charge >= 0.3 is 0 Å². The van der Waals surface area contributed by atoms with Gasteiger partial charge in [0.15, 0.2) is 11.5 Å². The van der Waals surface area contributed by atoms with Gasteiger partial charge in [-0.3, -0.25) is 24.8 Å². The van der Waals surface area contributed by atoms with Crippen LogP contribution in [0, 0.1) is 12.3 Å². The van der Waals surface area contributed by atoms with Gasteiger partial charge in [0.05, 0.1) is 32.8 Å². The topological polar surface area (TPSA) is 159 Å². The molecule has 0 saturated carbocycles. The number of carbonyl (C=O) groups excluding carboxylic acids is 3. The summed E-state index contributed by atoms with van der Waals surface area (Å²) in [6.07, 6.45) is 1.66. The number of rotatable bonds is 8. The number of nitrogen functional groups attached to an aromatic ring is 1. The van der Waals surface area contributed by atoms with Crippen molar-refractivity contribution in [3.05, 3.63) is 68.8 Å². The molecule has 0 aliphatic carbocycles. The number of benzene rings is 1. The van der Waals surface area contributed by atoms with Crippen molar-refractivity contribution in [1.82, 2.24) is 15.5 Å². The maximum absolute atomic E-state index is 14.9. The Kier molecular flexibility index (Phi) is 8.29. The van der Waals surface area contributed by atoms with E-state index in [4.69, 9.17) is 20.6 Å². The SMILES string of the molecule is Cc1ccc(C2C=NC(C(=O)NCC(=O)N3CC4(C[C@H]3C(=O)NCc3cc(C(=N)N)cs3)OCCO4)=C(F)C2)cc1. The number of nitrogens with one attached hydrogen (secondary N) is 3. The van der Waals surface area contributed by atoms with Crippen LogP contribution in [0.4, 0.5) is 4.39 Å². The number of amidine groups is 1. The lowest BCUT2D eigenvalue weighted by atomic mass is 9.93. The maximum atomic E-state index is 14.9. The smallest absolute Gasteiger partial charge is 0.272 e. The first-order chi connectivity index (χ1) is 19.6. The summed E-state index contributed by atoms with van der Waals surface area (Å²) >= 11 is 1.35. The van der Waals surface area contributed by atoms with E-state index in [0.717, 1.165) is 16.0 Å². The lowest BCUT2D eigenvalue weighted by molar-refractivity contribution is -0.152. The van der Waals surface area contributed by atoms with Gasteiger partial charge in [-0.05, 0) is 18.6 Å². The Morgan fingerprint density at radius 3 is 2.61 bits per heavy atom. The predicted octanol–water partition coefficient (Wildman–Crippen LogP) is 1.86. The second-order valence-corrected chi connectivity index (χ2v) is 11.2.